The van der Waals surface area contributed by atoms with E-state index in [1.165, 1.54) is 11.1 Å². The van der Waals surface area contributed by atoms with E-state index in [2.05, 4.69) is 58.4 Å². The van der Waals surface area contributed by atoms with Crippen molar-refractivity contribution in [3.63, 3.8) is 0 Å². The van der Waals surface area contributed by atoms with Gasteiger partial charge in [-0.1, -0.05) is 36.3 Å². The van der Waals surface area contributed by atoms with Gasteiger partial charge in [-0.2, -0.15) is 0 Å². The van der Waals surface area contributed by atoms with Gasteiger partial charge in [0.1, 0.15) is 24.6 Å². The van der Waals surface area contributed by atoms with E-state index in [9.17, 15) is 0 Å². The van der Waals surface area contributed by atoms with Crippen molar-refractivity contribution >= 4 is 11.4 Å². The van der Waals surface area contributed by atoms with Crippen LogP contribution in [0.2, 0.25) is 0 Å². The number of aromatic nitrogens is 2. The average molecular weight is 421 g/mol. The standard InChI is InChI=1S/C25H32N4O2/c1-17-11-13-19-7-5-9-21(23(19)26-17)28-30-15-25(3,4)16-31-29-22-10-6-8-20-14-12-18(2)27-24(20)22/h11-14H,5-10,15-16H2,1-4H3/b28-21+,29-22+. The molecule has 2 aromatic heterocycles. The Hall–Kier alpha value is -2.76. The molecule has 0 saturated carbocycles. The van der Waals surface area contributed by atoms with E-state index in [1.807, 2.05) is 13.8 Å². The predicted octanol–water partition coefficient (Wildman–Crippen LogP) is 4.93. The lowest BCUT2D eigenvalue weighted by Gasteiger charge is -2.23. The molecule has 0 bridgehead atoms. The van der Waals surface area contributed by atoms with E-state index < -0.39 is 0 Å². The zero-order valence-electron chi connectivity index (χ0n) is 19.1. The highest BCUT2D eigenvalue weighted by Gasteiger charge is 2.23. The van der Waals surface area contributed by atoms with Gasteiger partial charge in [0.15, 0.2) is 0 Å². The maximum atomic E-state index is 5.76. The Kier molecular flexibility index (Phi) is 6.35. The van der Waals surface area contributed by atoms with E-state index in [0.29, 0.717) is 13.2 Å². The third kappa shape index (κ3) is 5.30. The lowest BCUT2D eigenvalue weighted by atomic mass is 9.94. The Labute approximate surface area is 184 Å². The molecule has 2 heterocycles. The lowest BCUT2D eigenvalue weighted by Crippen LogP contribution is -2.25. The maximum absolute atomic E-state index is 5.76. The van der Waals surface area contributed by atoms with Crippen LogP contribution in [0.4, 0.5) is 0 Å². The molecule has 0 aromatic carbocycles. The summed E-state index contributed by atoms with van der Waals surface area (Å²) in [5.41, 5.74) is 8.19. The van der Waals surface area contributed by atoms with Crippen LogP contribution in [0.3, 0.4) is 0 Å². The number of hydrogen-bond donors (Lipinski definition) is 0. The van der Waals surface area contributed by atoms with Crippen LogP contribution < -0.4 is 0 Å². The van der Waals surface area contributed by atoms with Crippen molar-refractivity contribution < 1.29 is 9.68 Å². The lowest BCUT2D eigenvalue weighted by molar-refractivity contribution is -0.000311. The Morgan fingerprint density at radius 3 is 1.65 bits per heavy atom. The molecular formula is C25H32N4O2. The van der Waals surface area contributed by atoms with Crippen molar-refractivity contribution in [3.8, 4) is 0 Å². The first-order valence-corrected chi connectivity index (χ1v) is 11.2. The molecule has 0 atom stereocenters. The first-order valence-electron chi connectivity index (χ1n) is 11.2. The summed E-state index contributed by atoms with van der Waals surface area (Å²) in [5, 5.41) is 8.88. The predicted molar refractivity (Wildman–Crippen MR) is 123 cm³/mol. The summed E-state index contributed by atoms with van der Waals surface area (Å²) in [7, 11) is 0. The minimum absolute atomic E-state index is 0.219. The maximum Gasteiger partial charge on any atom is 0.125 e. The van der Waals surface area contributed by atoms with Gasteiger partial charge in [0, 0.05) is 16.8 Å². The van der Waals surface area contributed by atoms with Gasteiger partial charge in [-0.15, -0.1) is 0 Å². The summed E-state index contributed by atoms with van der Waals surface area (Å²) in [4.78, 5) is 20.9. The molecule has 0 aliphatic heterocycles. The summed E-state index contributed by atoms with van der Waals surface area (Å²) >= 11 is 0. The van der Waals surface area contributed by atoms with Crippen LogP contribution in [0.1, 0.15) is 73.4 Å². The van der Waals surface area contributed by atoms with Crippen molar-refractivity contribution in [1.29, 1.82) is 0 Å². The highest BCUT2D eigenvalue weighted by Crippen LogP contribution is 2.23. The van der Waals surface area contributed by atoms with Crippen LogP contribution in [0, 0.1) is 19.3 Å². The number of fused-ring (bicyclic) bond motifs is 2. The van der Waals surface area contributed by atoms with Crippen LogP contribution in [0.15, 0.2) is 34.6 Å². The van der Waals surface area contributed by atoms with E-state index in [1.54, 1.807) is 0 Å². The second-order valence-corrected chi connectivity index (χ2v) is 9.41. The molecule has 6 heteroatoms. The van der Waals surface area contributed by atoms with Crippen molar-refractivity contribution in [2.24, 2.45) is 15.7 Å². The molecule has 0 saturated heterocycles. The monoisotopic (exact) mass is 420 g/mol. The van der Waals surface area contributed by atoms with Crippen LogP contribution in [-0.4, -0.2) is 34.6 Å². The zero-order chi connectivity index (χ0) is 21.8. The van der Waals surface area contributed by atoms with Crippen molar-refractivity contribution in [3.05, 3.63) is 58.2 Å². The van der Waals surface area contributed by atoms with Gasteiger partial charge in [-0.25, -0.2) is 0 Å². The first-order chi connectivity index (χ1) is 14.9. The Balaban J connectivity index is 1.35. The molecule has 0 fully saturated rings. The molecular weight excluding hydrogens is 388 g/mol. The smallest absolute Gasteiger partial charge is 0.125 e. The van der Waals surface area contributed by atoms with Gasteiger partial charge >= 0.3 is 0 Å². The Morgan fingerprint density at radius 1 is 0.742 bits per heavy atom. The van der Waals surface area contributed by atoms with Crippen LogP contribution >= 0.6 is 0 Å². The SMILES string of the molecule is Cc1ccc2c(n1)/C(=N/OCC(C)(C)CO/N=C1\CCCc3ccc(C)nc31)CCC2. The first kappa shape index (κ1) is 21.5. The highest BCUT2D eigenvalue weighted by molar-refractivity contribution is 6.01. The topological polar surface area (TPSA) is 69.0 Å². The number of aryl methyl sites for hydroxylation is 4. The molecule has 2 aromatic rings. The molecule has 0 amide bonds. The molecule has 4 rings (SSSR count). The normalized spacial score (nSPS) is 18.6. The van der Waals surface area contributed by atoms with Gasteiger partial charge in [-0.05, 0) is 75.6 Å². The third-order valence-corrected chi connectivity index (χ3v) is 5.76. The van der Waals surface area contributed by atoms with Crippen LogP contribution in [-0.2, 0) is 22.5 Å². The fourth-order valence-corrected chi connectivity index (χ4v) is 3.99. The van der Waals surface area contributed by atoms with Crippen molar-refractivity contribution in [1.82, 2.24) is 9.97 Å². The molecule has 6 nitrogen and oxygen atoms in total. The quantitative estimate of drug-likeness (QED) is 0.621. The average Bonchev–Trinajstić information content (AvgIpc) is 2.74. The van der Waals surface area contributed by atoms with E-state index >= 15 is 0 Å². The van der Waals surface area contributed by atoms with Crippen molar-refractivity contribution in [2.75, 3.05) is 13.2 Å². The van der Waals surface area contributed by atoms with Gasteiger partial charge < -0.3 is 9.68 Å². The number of hydrogen-bond acceptors (Lipinski definition) is 6. The van der Waals surface area contributed by atoms with Crippen LogP contribution in [0.25, 0.3) is 0 Å². The summed E-state index contributed by atoms with van der Waals surface area (Å²) in [6.45, 7) is 9.13. The van der Waals surface area contributed by atoms with Crippen LogP contribution in [0.5, 0.6) is 0 Å². The molecule has 0 N–H and O–H groups in total. The van der Waals surface area contributed by atoms with E-state index in [0.717, 1.165) is 72.7 Å². The molecule has 0 unspecified atom stereocenters. The number of nitrogens with zero attached hydrogens (tertiary/aromatic N) is 4. The number of pyridine rings is 2. The fourth-order valence-electron chi connectivity index (χ4n) is 3.99. The largest absolute Gasteiger partial charge is 0.395 e. The number of oxime groups is 2. The molecule has 0 spiro atoms. The molecule has 31 heavy (non-hydrogen) atoms. The molecule has 0 radical (unpaired) electrons. The van der Waals surface area contributed by atoms with Gasteiger partial charge in [-0.3, -0.25) is 9.97 Å². The van der Waals surface area contributed by atoms with Crippen molar-refractivity contribution in [2.45, 2.75) is 66.2 Å². The summed E-state index contributed by atoms with van der Waals surface area (Å²) in [6, 6.07) is 8.43. The second-order valence-electron chi connectivity index (χ2n) is 9.41. The van der Waals surface area contributed by atoms with Gasteiger partial charge in [0.2, 0.25) is 0 Å². The van der Waals surface area contributed by atoms with Gasteiger partial charge in [0.25, 0.3) is 0 Å². The Bertz CT molecular complexity index is 931. The van der Waals surface area contributed by atoms with E-state index in [-0.39, 0.29) is 5.41 Å². The minimum Gasteiger partial charge on any atom is -0.395 e. The summed E-state index contributed by atoms with van der Waals surface area (Å²) in [6.07, 6.45) is 6.08. The fraction of sp³-hybridized carbons (Fsp3) is 0.520. The zero-order valence-corrected chi connectivity index (χ0v) is 19.1. The summed E-state index contributed by atoms with van der Waals surface area (Å²) in [5.74, 6) is 0. The second kappa shape index (κ2) is 9.16. The highest BCUT2D eigenvalue weighted by atomic mass is 16.6. The minimum atomic E-state index is -0.219. The molecule has 2 aliphatic carbocycles. The van der Waals surface area contributed by atoms with Gasteiger partial charge in [0.05, 0.1) is 11.4 Å². The Morgan fingerprint density at radius 2 is 1.19 bits per heavy atom. The number of rotatable bonds is 6. The van der Waals surface area contributed by atoms with E-state index in [4.69, 9.17) is 9.68 Å². The third-order valence-electron chi connectivity index (χ3n) is 5.76. The summed E-state index contributed by atoms with van der Waals surface area (Å²) < 4.78 is 0. The molecule has 2 aliphatic rings. The molecule has 164 valence electrons.